The molecule has 0 aliphatic carbocycles. The standard InChI is InChI=1S/C25H24FNO3S.C2H6/c1-28-20-6-7-22-16(10-20)8-9-27-15-18-13-24(29-2)25(12-17(18)11-23(22)27)30-31-21-5-3-4-19(26)14-21;1-2/h3-7,10,12-14,23H,8-9,11,15H2,1-2H3;1-2H3. The van der Waals surface area contributed by atoms with Gasteiger partial charge in [-0.3, -0.25) is 4.90 Å². The van der Waals surface area contributed by atoms with Gasteiger partial charge in [-0.05, 0) is 77.6 Å². The van der Waals surface area contributed by atoms with Crippen molar-refractivity contribution in [3.8, 4) is 17.2 Å². The van der Waals surface area contributed by atoms with Crippen molar-refractivity contribution in [3.63, 3.8) is 0 Å². The van der Waals surface area contributed by atoms with Gasteiger partial charge in [0, 0.05) is 19.1 Å². The largest absolute Gasteiger partial charge is 0.497 e. The van der Waals surface area contributed by atoms with E-state index in [0.29, 0.717) is 22.4 Å². The second-order valence-electron chi connectivity index (χ2n) is 7.90. The van der Waals surface area contributed by atoms with Crippen LogP contribution in [0, 0.1) is 5.82 Å². The van der Waals surface area contributed by atoms with Crippen LogP contribution in [-0.4, -0.2) is 25.7 Å². The summed E-state index contributed by atoms with van der Waals surface area (Å²) < 4.78 is 30.5. The Balaban J connectivity index is 0.00000126. The summed E-state index contributed by atoms with van der Waals surface area (Å²) in [6, 6.07) is 17.3. The number of rotatable bonds is 5. The third kappa shape index (κ3) is 4.97. The van der Waals surface area contributed by atoms with Gasteiger partial charge in [0.25, 0.3) is 0 Å². The summed E-state index contributed by atoms with van der Waals surface area (Å²) in [6.07, 6.45) is 1.95. The van der Waals surface area contributed by atoms with Crippen LogP contribution in [0.25, 0.3) is 0 Å². The average Bonchev–Trinajstić information content (AvgIpc) is 2.86. The van der Waals surface area contributed by atoms with Crippen LogP contribution in [0.15, 0.2) is 59.5 Å². The maximum absolute atomic E-state index is 13.5. The Morgan fingerprint density at radius 1 is 0.909 bits per heavy atom. The molecule has 0 spiro atoms. The number of fused-ring (bicyclic) bond motifs is 4. The molecule has 2 aliphatic heterocycles. The first-order valence-electron chi connectivity index (χ1n) is 11.4. The van der Waals surface area contributed by atoms with Crippen molar-refractivity contribution >= 4 is 12.0 Å². The molecular weight excluding hydrogens is 437 g/mol. The van der Waals surface area contributed by atoms with Gasteiger partial charge in [-0.2, -0.15) is 0 Å². The molecule has 0 radical (unpaired) electrons. The van der Waals surface area contributed by atoms with Gasteiger partial charge in [-0.15, -0.1) is 0 Å². The van der Waals surface area contributed by atoms with Gasteiger partial charge in [0.1, 0.15) is 11.6 Å². The minimum atomic E-state index is -0.279. The van der Waals surface area contributed by atoms with Crippen LogP contribution >= 0.6 is 12.0 Å². The summed E-state index contributed by atoms with van der Waals surface area (Å²) >= 11 is 1.14. The number of nitrogens with zero attached hydrogens (tertiary/aromatic N) is 1. The summed E-state index contributed by atoms with van der Waals surface area (Å²) in [7, 11) is 3.36. The fraction of sp³-hybridized carbons (Fsp3) is 0.333. The monoisotopic (exact) mass is 467 g/mol. The van der Waals surface area contributed by atoms with E-state index in [-0.39, 0.29) is 5.82 Å². The Morgan fingerprint density at radius 3 is 2.48 bits per heavy atom. The molecule has 0 aromatic heterocycles. The molecule has 0 saturated heterocycles. The first-order chi connectivity index (χ1) is 16.1. The van der Waals surface area contributed by atoms with Crippen molar-refractivity contribution in [1.29, 1.82) is 0 Å². The van der Waals surface area contributed by atoms with E-state index in [1.54, 1.807) is 20.3 Å². The highest BCUT2D eigenvalue weighted by molar-refractivity contribution is 7.95. The minimum Gasteiger partial charge on any atom is -0.497 e. The van der Waals surface area contributed by atoms with Gasteiger partial charge in [-0.25, -0.2) is 4.39 Å². The lowest BCUT2D eigenvalue weighted by Gasteiger charge is -2.41. The van der Waals surface area contributed by atoms with Gasteiger partial charge < -0.3 is 13.7 Å². The molecule has 1 unspecified atom stereocenters. The topological polar surface area (TPSA) is 30.9 Å². The first kappa shape index (κ1) is 23.5. The molecular formula is C27H30FNO3S. The zero-order valence-corrected chi connectivity index (χ0v) is 20.4. The molecule has 0 N–H and O–H groups in total. The van der Waals surface area contributed by atoms with Crippen LogP contribution in [-0.2, 0) is 19.4 Å². The molecule has 0 saturated carbocycles. The number of halogens is 1. The molecule has 5 rings (SSSR count). The lowest BCUT2D eigenvalue weighted by Crippen LogP contribution is -2.39. The van der Waals surface area contributed by atoms with E-state index >= 15 is 0 Å². The molecule has 0 amide bonds. The van der Waals surface area contributed by atoms with Gasteiger partial charge in [0.2, 0.25) is 0 Å². The summed E-state index contributed by atoms with van der Waals surface area (Å²) in [5.74, 6) is 2.00. The van der Waals surface area contributed by atoms with Crippen molar-refractivity contribution < 1.29 is 18.0 Å². The van der Waals surface area contributed by atoms with E-state index < -0.39 is 0 Å². The van der Waals surface area contributed by atoms with E-state index in [0.717, 1.165) is 43.7 Å². The fourth-order valence-corrected chi connectivity index (χ4v) is 5.15. The molecule has 3 aromatic rings. The van der Waals surface area contributed by atoms with E-state index in [2.05, 4.69) is 35.2 Å². The second kappa shape index (κ2) is 10.5. The van der Waals surface area contributed by atoms with Crippen molar-refractivity contribution in [2.45, 2.75) is 44.2 Å². The number of hydrogen-bond acceptors (Lipinski definition) is 5. The predicted octanol–water partition coefficient (Wildman–Crippen LogP) is 6.61. The molecule has 0 fully saturated rings. The molecule has 174 valence electrons. The lowest BCUT2D eigenvalue weighted by atomic mass is 9.84. The van der Waals surface area contributed by atoms with Gasteiger partial charge in [0.15, 0.2) is 11.5 Å². The van der Waals surface area contributed by atoms with Gasteiger partial charge in [0.05, 0.1) is 31.2 Å². The highest BCUT2D eigenvalue weighted by Gasteiger charge is 2.33. The average molecular weight is 468 g/mol. The van der Waals surface area contributed by atoms with Gasteiger partial charge in [-0.1, -0.05) is 26.0 Å². The SMILES string of the molecule is CC.COc1ccc2c(c1)CCN1Cc3cc(OC)c(OSc4cccc(F)c4)cc3CC21. The maximum atomic E-state index is 13.5. The van der Waals surface area contributed by atoms with Crippen LogP contribution in [0.5, 0.6) is 17.2 Å². The Morgan fingerprint density at radius 2 is 1.73 bits per heavy atom. The summed E-state index contributed by atoms with van der Waals surface area (Å²) in [6.45, 7) is 5.92. The fourth-order valence-electron chi connectivity index (χ4n) is 4.54. The highest BCUT2D eigenvalue weighted by atomic mass is 32.2. The normalized spacial score (nSPS) is 16.5. The molecule has 4 nitrogen and oxygen atoms in total. The Labute approximate surface area is 199 Å². The number of methoxy groups -OCH3 is 2. The molecule has 2 aliphatic rings. The van der Waals surface area contributed by atoms with E-state index in [1.165, 1.54) is 34.4 Å². The van der Waals surface area contributed by atoms with Crippen molar-refractivity contribution in [1.82, 2.24) is 4.90 Å². The summed E-state index contributed by atoms with van der Waals surface area (Å²) in [5.41, 5.74) is 5.29. The molecule has 1 atom stereocenters. The maximum Gasteiger partial charge on any atom is 0.179 e. The smallest absolute Gasteiger partial charge is 0.179 e. The quantitative estimate of drug-likeness (QED) is 0.394. The van der Waals surface area contributed by atoms with Crippen molar-refractivity contribution in [3.05, 3.63) is 82.7 Å². The van der Waals surface area contributed by atoms with Crippen LogP contribution in [0.1, 0.15) is 42.1 Å². The molecule has 6 heteroatoms. The number of benzene rings is 3. The molecule has 0 bridgehead atoms. The predicted molar refractivity (Wildman–Crippen MR) is 131 cm³/mol. The summed E-state index contributed by atoms with van der Waals surface area (Å²) in [4.78, 5) is 3.25. The Hall–Kier alpha value is -2.70. The lowest BCUT2D eigenvalue weighted by molar-refractivity contribution is 0.160. The van der Waals surface area contributed by atoms with E-state index in [9.17, 15) is 4.39 Å². The first-order valence-corrected chi connectivity index (χ1v) is 12.1. The van der Waals surface area contributed by atoms with Crippen LogP contribution in [0.4, 0.5) is 4.39 Å². The third-order valence-corrected chi connectivity index (χ3v) is 6.82. The Bertz CT molecular complexity index is 1120. The molecule has 33 heavy (non-hydrogen) atoms. The number of ether oxygens (including phenoxy) is 2. The van der Waals surface area contributed by atoms with Crippen molar-refractivity contribution in [2.75, 3.05) is 20.8 Å². The zero-order valence-electron chi connectivity index (χ0n) is 19.6. The minimum absolute atomic E-state index is 0.279. The zero-order chi connectivity index (χ0) is 23.4. The van der Waals surface area contributed by atoms with Crippen LogP contribution in [0.3, 0.4) is 0 Å². The third-order valence-electron chi connectivity index (χ3n) is 6.11. The summed E-state index contributed by atoms with van der Waals surface area (Å²) in [5, 5.41) is 0. The second-order valence-corrected chi connectivity index (χ2v) is 8.71. The van der Waals surface area contributed by atoms with E-state index in [1.807, 2.05) is 19.9 Å². The molecule has 2 heterocycles. The highest BCUT2D eigenvalue weighted by Crippen LogP contribution is 2.43. The Kier molecular flexibility index (Phi) is 7.46. The molecule has 3 aromatic carbocycles. The van der Waals surface area contributed by atoms with Crippen LogP contribution in [0.2, 0.25) is 0 Å². The van der Waals surface area contributed by atoms with E-state index in [4.69, 9.17) is 13.7 Å². The van der Waals surface area contributed by atoms with Crippen molar-refractivity contribution in [2.24, 2.45) is 0 Å². The van der Waals surface area contributed by atoms with Crippen LogP contribution < -0.4 is 13.7 Å². The van der Waals surface area contributed by atoms with Gasteiger partial charge >= 0.3 is 0 Å². The number of hydrogen-bond donors (Lipinski definition) is 0.